The third-order valence-electron chi connectivity index (χ3n) is 3.89. The first-order valence-electron chi connectivity index (χ1n) is 6.87. The number of likely N-dealkylation sites (N-methyl/N-ethyl adjacent to an activating group) is 1. The van der Waals surface area contributed by atoms with E-state index in [1.54, 1.807) is 11.0 Å². The Morgan fingerprint density at radius 3 is 2.60 bits per heavy atom. The molecule has 2 rings (SSSR count). The highest BCUT2D eigenvalue weighted by Gasteiger charge is 2.31. The summed E-state index contributed by atoms with van der Waals surface area (Å²) in [4.78, 5) is 16.4. The zero-order valence-corrected chi connectivity index (χ0v) is 12.6. The quantitative estimate of drug-likeness (QED) is 0.852. The molecular weight excluding hydrogens is 254 g/mol. The van der Waals surface area contributed by atoms with Crippen molar-refractivity contribution >= 4 is 17.3 Å². The number of amides is 1. The van der Waals surface area contributed by atoms with Crippen LogP contribution in [0.1, 0.15) is 23.7 Å². The Hall–Kier alpha value is -1.75. The molecule has 0 radical (unpaired) electrons. The number of carbonyl (C=O) groups is 1. The van der Waals surface area contributed by atoms with Gasteiger partial charge in [-0.2, -0.15) is 0 Å². The van der Waals surface area contributed by atoms with Crippen LogP contribution in [0.25, 0.3) is 0 Å². The molecule has 2 atom stereocenters. The lowest BCUT2D eigenvalue weighted by Gasteiger charge is -2.28. The van der Waals surface area contributed by atoms with Crippen LogP contribution in [0.4, 0.5) is 11.4 Å². The van der Waals surface area contributed by atoms with Crippen molar-refractivity contribution in [3.8, 4) is 0 Å². The number of anilines is 2. The number of nitrogens with zero attached hydrogens (tertiary/aromatic N) is 2. The van der Waals surface area contributed by atoms with Gasteiger partial charge in [0.25, 0.3) is 5.91 Å². The molecule has 1 fully saturated rings. The van der Waals surface area contributed by atoms with E-state index in [0.717, 1.165) is 12.1 Å². The van der Waals surface area contributed by atoms with Crippen molar-refractivity contribution in [1.29, 1.82) is 0 Å². The molecule has 2 unspecified atom stereocenters. The summed E-state index contributed by atoms with van der Waals surface area (Å²) in [6.07, 6.45) is 0.955. The molecule has 0 saturated carbocycles. The first-order valence-corrected chi connectivity index (χ1v) is 6.87. The summed E-state index contributed by atoms with van der Waals surface area (Å²) in [5.41, 5.74) is 7.95. The molecule has 1 aliphatic rings. The van der Waals surface area contributed by atoms with Gasteiger partial charge in [0, 0.05) is 39.1 Å². The molecule has 1 aromatic rings. The van der Waals surface area contributed by atoms with Gasteiger partial charge in [0.05, 0.1) is 17.7 Å². The average molecular weight is 277 g/mol. The summed E-state index contributed by atoms with van der Waals surface area (Å²) < 4.78 is 5.55. The van der Waals surface area contributed by atoms with Crippen LogP contribution in [0, 0.1) is 0 Å². The predicted molar refractivity (Wildman–Crippen MR) is 81.1 cm³/mol. The third-order valence-corrected chi connectivity index (χ3v) is 3.89. The molecule has 0 aromatic heterocycles. The Balaban J connectivity index is 2.30. The van der Waals surface area contributed by atoms with E-state index in [0.29, 0.717) is 17.9 Å². The summed E-state index contributed by atoms with van der Waals surface area (Å²) >= 11 is 0. The number of ether oxygens (including phenoxy) is 1. The van der Waals surface area contributed by atoms with Gasteiger partial charge in [-0.25, -0.2) is 0 Å². The molecule has 0 bridgehead atoms. The second-order valence-electron chi connectivity index (χ2n) is 5.52. The van der Waals surface area contributed by atoms with E-state index in [2.05, 4.69) is 0 Å². The van der Waals surface area contributed by atoms with Crippen molar-refractivity contribution in [3.63, 3.8) is 0 Å². The van der Waals surface area contributed by atoms with Gasteiger partial charge in [-0.1, -0.05) is 0 Å². The van der Waals surface area contributed by atoms with Crippen LogP contribution in [0.5, 0.6) is 0 Å². The summed E-state index contributed by atoms with van der Waals surface area (Å²) in [5, 5.41) is 0. The molecule has 1 aliphatic heterocycles. The zero-order chi connectivity index (χ0) is 14.9. The number of carbonyl (C=O) groups excluding carboxylic acids is 1. The largest absolute Gasteiger partial charge is 0.399 e. The highest BCUT2D eigenvalue weighted by molar-refractivity contribution is 6.00. The van der Waals surface area contributed by atoms with Gasteiger partial charge < -0.3 is 20.3 Å². The van der Waals surface area contributed by atoms with E-state index in [1.165, 1.54) is 0 Å². The predicted octanol–water partition coefficient (Wildman–Crippen LogP) is 1.58. The Morgan fingerprint density at radius 1 is 1.35 bits per heavy atom. The van der Waals surface area contributed by atoms with Crippen LogP contribution in [-0.4, -0.2) is 50.7 Å². The van der Waals surface area contributed by atoms with E-state index in [-0.39, 0.29) is 18.1 Å². The van der Waals surface area contributed by atoms with Gasteiger partial charge in [0.1, 0.15) is 0 Å². The van der Waals surface area contributed by atoms with Gasteiger partial charge in [-0.3, -0.25) is 4.79 Å². The fraction of sp³-hybridized carbons (Fsp3) is 0.533. The van der Waals surface area contributed by atoms with Gasteiger partial charge >= 0.3 is 0 Å². The molecule has 110 valence electrons. The highest BCUT2D eigenvalue weighted by atomic mass is 16.5. The Kier molecular flexibility index (Phi) is 4.18. The molecule has 1 aromatic carbocycles. The lowest BCUT2D eigenvalue weighted by molar-refractivity contribution is 0.0575. The maximum absolute atomic E-state index is 12.7. The summed E-state index contributed by atoms with van der Waals surface area (Å²) in [6.45, 7) is 2.72. The van der Waals surface area contributed by atoms with Gasteiger partial charge in [0.15, 0.2) is 0 Å². The van der Waals surface area contributed by atoms with Crippen molar-refractivity contribution in [2.45, 2.75) is 25.5 Å². The van der Waals surface area contributed by atoms with Crippen molar-refractivity contribution in [2.24, 2.45) is 0 Å². The molecule has 1 saturated heterocycles. The molecule has 1 heterocycles. The monoisotopic (exact) mass is 277 g/mol. The van der Waals surface area contributed by atoms with E-state index >= 15 is 0 Å². The average Bonchev–Trinajstić information content (AvgIpc) is 2.82. The SMILES string of the molecule is CC1OCCC1N(C)C(=O)c1cc(N)ccc1N(C)C. The molecule has 20 heavy (non-hydrogen) atoms. The maximum Gasteiger partial charge on any atom is 0.256 e. The molecule has 5 heteroatoms. The molecule has 5 nitrogen and oxygen atoms in total. The fourth-order valence-corrected chi connectivity index (χ4v) is 2.68. The van der Waals surface area contributed by atoms with Crippen LogP contribution in [0.3, 0.4) is 0 Å². The number of nitrogens with two attached hydrogens (primary N) is 1. The van der Waals surface area contributed by atoms with E-state index in [9.17, 15) is 4.79 Å². The second-order valence-corrected chi connectivity index (χ2v) is 5.52. The number of hydrogen-bond acceptors (Lipinski definition) is 4. The van der Waals surface area contributed by atoms with Crippen LogP contribution < -0.4 is 10.6 Å². The van der Waals surface area contributed by atoms with Crippen LogP contribution >= 0.6 is 0 Å². The normalized spacial score (nSPS) is 21.8. The second kappa shape index (κ2) is 5.71. The summed E-state index contributed by atoms with van der Waals surface area (Å²) in [7, 11) is 5.67. The lowest BCUT2D eigenvalue weighted by Crippen LogP contribution is -2.41. The minimum Gasteiger partial charge on any atom is -0.399 e. The Morgan fingerprint density at radius 2 is 2.05 bits per heavy atom. The topological polar surface area (TPSA) is 58.8 Å². The van der Waals surface area contributed by atoms with E-state index < -0.39 is 0 Å². The van der Waals surface area contributed by atoms with Crippen LogP contribution in [-0.2, 0) is 4.74 Å². The fourth-order valence-electron chi connectivity index (χ4n) is 2.68. The minimum atomic E-state index is -0.0108. The lowest BCUT2D eigenvalue weighted by atomic mass is 10.1. The van der Waals surface area contributed by atoms with Crippen molar-refractivity contribution in [2.75, 3.05) is 38.4 Å². The molecule has 2 N–H and O–H groups in total. The van der Waals surface area contributed by atoms with Gasteiger partial charge in [-0.05, 0) is 31.5 Å². The molecule has 1 amide bonds. The first-order chi connectivity index (χ1) is 9.41. The van der Waals surface area contributed by atoms with Crippen molar-refractivity contribution in [1.82, 2.24) is 4.90 Å². The highest BCUT2D eigenvalue weighted by Crippen LogP contribution is 2.26. The standard InChI is InChI=1S/C15H23N3O2/c1-10-13(7-8-20-10)18(4)15(19)12-9-11(16)5-6-14(12)17(2)3/h5-6,9-10,13H,7-8,16H2,1-4H3. The number of benzene rings is 1. The Labute approximate surface area is 120 Å². The third kappa shape index (κ3) is 2.72. The van der Waals surface area contributed by atoms with Crippen molar-refractivity contribution in [3.05, 3.63) is 23.8 Å². The molecule has 0 aliphatic carbocycles. The van der Waals surface area contributed by atoms with Gasteiger partial charge in [0.2, 0.25) is 0 Å². The summed E-state index contributed by atoms with van der Waals surface area (Å²) in [5.74, 6) is -0.0108. The number of nitrogen functional groups attached to an aromatic ring is 1. The maximum atomic E-state index is 12.7. The van der Waals surface area contributed by atoms with Crippen LogP contribution in [0.15, 0.2) is 18.2 Å². The van der Waals surface area contributed by atoms with Crippen LogP contribution in [0.2, 0.25) is 0 Å². The smallest absolute Gasteiger partial charge is 0.256 e. The summed E-state index contributed by atoms with van der Waals surface area (Å²) in [6, 6.07) is 5.56. The molecular formula is C15H23N3O2. The first kappa shape index (κ1) is 14.7. The van der Waals surface area contributed by atoms with E-state index in [4.69, 9.17) is 10.5 Å². The van der Waals surface area contributed by atoms with Crippen molar-refractivity contribution < 1.29 is 9.53 Å². The van der Waals surface area contributed by atoms with Gasteiger partial charge in [-0.15, -0.1) is 0 Å². The zero-order valence-electron chi connectivity index (χ0n) is 12.6. The minimum absolute atomic E-state index is 0.0108. The Bertz CT molecular complexity index is 502. The van der Waals surface area contributed by atoms with E-state index in [1.807, 2.05) is 45.1 Å². The number of rotatable bonds is 3. The number of hydrogen-bond donors (Lipinski definition) is 1. The molecule has 0 spiro atoms.